The first-order valence-corrected chi connectivity index (χ1v) is 7.48. The van der Waals surface area contributed by atoms with Crippen molar-refractivity contribution < 1.29 is 19.4 Å². The van der Waals surface area contributed by atoms with Crippen molar-refractivity contribution in [2.24, 2.45) is 0 Å². The first-order chi connectivity index (χ1) is 10.1. The molecule has 0 aliphatic carbocycles. The highest BCUT2D eigenvalue weighted by molar-refractivity contribution is 5.73. The molecule has 0 radical (unpaired) electrons. The summed E-state index contributed by atoms with van der Waals surface area (Å²) in [5.41, 5.74) is 0.908. The van der Waals surface area contributed by atoms with Gasteiger partial charge in [0.15, 0.2) is 17.6 Å². The van der Waals surface area contributed by atoms with Crippen molar-refractivity contribution in [1.29, 1.82) is 0 Å². The summed E-state index contributed by atoms with van der Waals surface area (Å²) >= 11 is 0. The van der Waals surface area contributed by atoms with Crippen LogP contribution in [0.15, 0.2) is 18.2 Å². The van der Waals surface area contributed by atoms with Gasteiger partial charge < -0.3 is 19.9 Å². The average Bonchev–Trinajstić information content (AvgIpc) is 2.46. The number of carboxylic acids is 1. The molecule has 1 atom stereocenters. The van der Waals surface area contributed by atoms with Crippen molar-refractivity contribution >= 4 is 5.97 Å². The molecule has 0 saturated heterocycles. The summed E-state index contributed by atoms with van der Waals surface area (Å²) in [6.45, 7) is 7.80. The van der Waals surface area contributed by atoms with Gasteiger partial charge >= 0.3 is 5.97 Å². The smallest absolute Gasteiger partial charge is 0.344 e. The summed E-state index contributed by atoms with van der Waals surface area (Å²) in [4.78, 5) is 11.3. The highest BCUT2D eigenvalue weighted by atomic mass is 16.5. The molecule has 0 aromatic heterocycles. The van der Waals surface area contributed by atoms with Crippen molar-refractivity contribution in [2.45, 2.75) is 46.3 Å². The van der Waals surface area contributed by atoms with Crippen LogP contribution in [0.5, 0.6) is 11.5 Å². The number of aliphatic carboxylic acids is 1. The maximum Gasteiger partial charge on any atom is 0.344 e. The highest BCUT2D eigenvalue weighted by Crippen LogP contribution is 2.33. The van der Waals surface area contributed by atoms with Gasteiger partial charge in [-0.2, -0.15) is 0 Å². The molecule has 5 heteroatoms. The molecule has 5 nitrogen and oxygen atoms in total. The van der Waals surface area contributed by atoms with Gasteiger partial charge in [-0.1, -0.05) is 32.4 Å². The summed E-state index contributed by atoms with van der Waals surface area (Å²) in [5, 5.41) is 12.5. The van der Waals surface area contributed by atoms with E-state index in [0.717, 1.165) is 18.5 Å². The summed E-state index contributed by atoms with van der Waals surface area (Å²) in [6, 6.07) is 5.62. The Kier molecular flexibility index (Phi) is 7.61. The van der Waals surface area contributed by atoms with E-state index in [4.69, 9.17) is 9.47 Å². The lowest BCUT2D eigenvalue weighted by Crippen LogP contribution is -2.27. The Balaban J connectivity index is 3.05. The van der Waals surface area contributed by atoms with E-state index in [-0.39, 0.29) is 0 Å². The van der Waals surface area contributed by atoms with Crippen LogP contribution in [-0.2, 0) is 11.3 Å². The minimum Gasteiger partial charge on any atom is -0.490 e. The zero-order chi connectivity index (χ0) is 15.7. The summed E-state index contributed by atoms with van der Waals surface area (Å²) in [5.74, 6) is 0.175. The number of rotatable bonds is 10. The van der Waals surface area contributed by atoms with Crippen LogP contribution in [0, 0.1) is 0 Å². The molecule has 0 fully saturated rings. The molecule has 118 valence electrons. The van der Waals surface area contributed by atoms with Gasteiger partial charge in [0.05, 0.1) is 6.61 Å². The minimum atomic E-state index is -0.947. The SMILES string of the molecule is CCCC(Oc1c(CNCC)cccc1OCC)C(=O)O. The highest BCUT2D eigenvalue weighted by Gasteiger charge is 2.22. The van der Waals surface area contributed by atoms with Crippen LogP contribution in [0.25, 0.3) is 0 Å². The largest absolute Gasteiger partial charge is 0.490 e. The van der Waals surface area contributed by atoms with Crippen molar-refractivity contribution in [3.05, 3.63) is 23.8 Å². The third-order valence-electron chi connectivity index (χ3n) is 3.01. The first kappa shape index (κ1) is 17.3. The van der Waals surface area contributed by atoms with Crippen LogP contribution >= 0.6 is 0 Å². The van der Waals surface area contributed by atoms with Gasteiger partial charge in [0.25, 0.3) is 0 Å². The van der Waals surface area contributed by atoms with E-state index in [9.17, 15) is 9.90 Å². The molecule has 1 rings (SSSR count). The lowest BCUT2D eigenvalue weighted by Gasteiger charge is -2.20. The molecule has 2 N–H and O–H groups in total. The van der Waals surface area contributed by atoms with Crippen LogP contribution in [-0.4, -0.2) is 30.3 Å². The third-order valence-corrected chi connectivity index (χ3v) is 3.01. The van der Waals surface area contributed by atoms with E-state index in [1.807, 2.05) is 32.9 Å². The van der Waals surface area contributed by atoms with E-state index < -0.39 is 12.1 Å². The quantitative estimate of drug-likeness (QED) is 0.694. The molecule has 0 aliphatic rings. The molecule has 1 unspecified atom stereocenters. The fraction of sp³-hybridized carbons (Fsp3) is 0.562. The predicted molar refractivity (Wildman–Crippen MR) is 82.0 cm³/mol. The molecule has 0 bridgehead atoms. The summed E-state index contributed by atoms with van der Waals surface area (Å²) in [6.07, 6.45) is 0.365. The Morgan fingerprint density at radius 3 is 2.67 bits per heavy atom. The second-order valence-electron chi connectivity index (χ2n) is 4.69. The van der Waals surface area contributed by atoms with E-state index in [1.54, 1.807) is 6.07 Å². The number of carbonyl (C=O) groups is 1. The number of para-hydroxylation sites is 1. The molecule has 0 spiro atoms. The Labute approximate surface area is 126 Å². The van der Waals surface area contributed by atoms with E-state index in [0.29, 0.717) is 31.1 Å². The summed E-state index contributed by atoms with van der Waals surface area (Å²) in [7, 11) is 0. The number of benzene rings is 1. The van der Waals surface area contributed by atoms with Gasteiger partial charge in [-0.05, 0) is 26.0 Å². The van der Waals surface area contributed by atoms with E-state index in [2.05, 4.69) is 5.32 Å². The van der Waals surface area contributed by atoms with Crippen LogP contribution in [0.3, 0.4) is 0 Å². The molecule has 0 heterocycles. The fourth-order valence-electron chi connectivity index (χ4n) is 2.00. The molecule has 0 saturated carbocycles. The zero-order valence-electron chi connectivity index (χ0n) is 13.0. The Morgan fingerprint density at radius 1 is 1.33 bits per heavy atom. The number of hydrogen-bond donors (Lipinski definition) is 2. The number of ether oxygens (including phenoxy) is 2. The van der Waals surface area contributed by atoms with Gasteiger partial charge in [-0.25, -0.2) is 4.79 Å². The maximum absolute atomic E-state index is 11.3. The molecule has 1 aromatic rings. The lowest BCUT2D eigenvalue weighted by molar-refractivity contribution is -0.145. The van der Waals surface area contributed by atoms with Crippen molar-refractivity contribution in [3.63, 3.8) is 0 Å². The van der Waals surface area contributed by atoms with Gasteiger partial charge in [-0.15, -0.1) is 0 Å². The Bertz CT molecular complexity index is 448. The first-order valence-electron chi connectivity index (χ1n) is 7.48. The fourth-order valence-corrected chi connectivity index (χ4v) is 2.00. The molecule has 1 aromatic carbocycles. The van der Waals surface area contributed by atoms with Gasteiger partial charge in [-0.3, -0.25) is 0 Å². The Morgan fingerprint density at radius 2 is 2.10 bits per heavy atom. The van der Waals surface area contributed by atoms with Crippen LogP contribution < -0.4 is 14.8 Å². The molecule has 21 heavy (non-hydrogen) atoms. The zero-order valence-corrected chi connectivity index (χ0v) is 13.0. The number of carboxylic acid groups (broad SMARTS) is 1. The lowest BCUT2D eigenvalue weighted by atomic mass is 10.1. The van der Waals surface area contributed by atoms with Crippen LogP contribution in [0.1, 0.15) is 39.2 Å². The number of hydrogen-bond acceptors (Lipinski definition) is 4. The van der Waals surface area contributed by atoms with Crippen molar-refractivity contribution in [2.75, 3.05) is 13.2 Å². The predicted octanol–water partition coefficient (Wildman–Crippen LogP) is 2.83. The monoisotopic (exact) mass is 295 g/mol. The van der Waals surface area contributed by atoms with Crippen molar-refractivity contribution in [3.8, 4) is 11.5 Å². The van der Waals surface area contributed by atoms with Gasteiger partial charge in [0.2, 0.25) is 0 Å². The maximum atomic E-state index is 11.3. The second kappa shape index (κ2) is 9.23. The van der Waals surface area contributed by atoms with Gasteiger partial charge in [0.1, 0.15) is 0 Å². The minimum absolute atomic E-state index is 0.469. The van der Waals surface area contributed by atoms with Crippen molar-refractivity contribution in [1.82, 2.24) is 5.32 Å². The van der Waals surface area contributed by atoms with Crippen LogP contribution in [0.4, 0.5) is 0 Å². The molecular weight excluding hydrogens is 270 g/mol. The topological polar surface area (TPSA) is 67.8 Å². The molecule has 0 aliphatic heterocycles. The third kappa shape index (κ3) is 5.27. The number of nitrogens with one attached hydrogen (secondary N) is 1. The Hall–Kier alpha value is -1.75. The molecule has 0 amide bonds. The summed E-state index contributed by atoms with van der Waals surface area (Å²) < 4.78 is 11.3. The van der Waals surface area contributed by atoms with Gasteiger partial charge in [0, 0.05) is 12.1 Å². The average molecular weight is 295 g/mol. The second-order valence-corrected chi connectivity index (χ2v) is 4.69. The van der Waals surface area contributed by atoms with E-state index in [1.165, 1.54) is 0 Å². The normalized spacial score (nSPS) is 12.0. The van der Waals surface area contributed by atoms with Crippen LogP contribution in [0.2, 0.25) is 0 Å². The molecular formula is C16H25NO4. The standard InChI is InChI=1S/C16H25NO4/c1-4-8-14(16(18)19)21-15-12(11-17-5-2)9-7-10-13(15)20-6-3/h7,9-10,14,17H,4-6,8,11H2,1-3H3,(H,18,19). The van der Waals surface area contributed by atoms with E-state index >= 15 is 0 Å².